The molecule has 0 unspecified atom stereocenters. The second-order valence-electron chi connectivity index (χ2n) is 8.86. The lowest BCUT2D eigenvalue weighted by atomic mass is 9.96. The van der Waals surface area contributed by atoms with Crippen molar-refractivity contribution in [1.82, 2.24) is 19.5 Å². The van der Waals surface area contributed by atoms with Crippen LogP contribution in [0.25, 0.3) is 5.65 Å². The summed E-state index contributed by atoms with van der Waals surface area (Å²) in [4.78, 5) is 20.2. The van der Waals surface area contributed by atoms with Gasteiger partial charge in [-0.1, -0.05) is 0 Å². The van der Waals surface area contributed by atoms with Gasteiger partial charge in [0.25, 0.3) is 5.91 Å². The van der Waals surface area contributed by atoms with Gasteiger partial charge in [0, 0.05) is 35.5 Å². The fourth-order valence-electron chi connectivity index (χ4n) is 4.57. The van der Waals surface area contributed by atoms with Crippen LogP contribution in [0.1, 0.15) is 82.6 Å². The SMILES string of the molecule is Cc1cc(C(=O)N2CCCC[C@H]2c2cc3nc(C4CC4)cc(C)n3n2)c(C)cc1F. The monoisotopic (exact) mass is 406 g/mol. The van der Waals surface area contributed by atoms with Crippen molar-refractivity contribution in [2.75, 3.05) is 6.54 Å². The maximum Gasteiger partial charge on any atom is 0.254 e. The van der Waals surface area contributed by atoms with Crippen molar-refractivity contribution in [3.05, 3.63) is 63.9 Å². The minimum absolute atomic E-state index is 0.0410. The summed E-state index contributed by atoms with van der Waals surface area (Å²) in [7, 11) is 0. The second-order valence-corrected chi connectivity index (χ2v) is 8.86. The van der Waals surface area contributed by atoms with E-state index in [1.165, 1.54) is 18.9 Å². The fraction of sp³-hybridized carbons (Fsp3) is 0.458. The summed E-state index contributed by atoms with van der Waals surface area (Å²) in [5.41, 5.74) is 5.73. The highest BCUT2D eigenvalue weighted by molar-refractivity contribution is 5.96. The Morgan fingerprint density at radius 3 is 2.57 bits per heavy atom. The molecule has 5 nitrogen and oxygen atoms in total. The number of rotatable bonds is 3. The summed E-state index contributed by atoms with van der Waals surface area (Å²) in [6, 6.07) is 7.23. The molecule has 1 aliphatic carbocycles. The molecule has 3 aromatic rings. The summed E-state index contributed by atoms with van der Waals surface area (Å²) in [6.45, 7) is 6.25. The minimum Gasteiger partial charge on any atom is -0.330 e. The minimum atomic E-state index is -0.271. The van der Waals surface area contributed by atoms with E-state index < -0.39 is 0 Å². The van der Waals surface area contributed by atoms with E-state index in [0.717, 1.165) is 42.0 Å². The lowest BCUT2D eigenvalue weighted by molar-refractivity contribution is 0.0605. The Morgan fingerprint density at radius 1 is 1.00 bits per heavy atom. The van der Waals surface area contributed by atoms with E-state index >= 15 is 0 Å². The number of aromatic nitrogens is 3. The van der Waals surface area contributed by atoms with Crippen LogP contribution in [0.4, 0.5) is 4.39 Å². The van der Waals surface area contributed by atoms with Gasteiger partial charge in [0.1, 0.15) is 5.82 Å². The van der Waals surface area contributed by atoms with Crippen molar-refractivity contribution >= 4 is 11.6 Å². The highest BCUT2D eigenvalue weighted by Crippen LogP contribution is 2.40. The number of nitrogens with zero attached hydrogens (tertiary/aromatic N) is 4. The summed E-state index contributed by atoms with van der Waals surface area (Å²) < 4.78 is 15.8. The third-order valence-corrected chi connectivity index (χ3v) is 6.48. The Morgan fingerprint density at radius 2 is 1.80 bits per heavy atom. The zero-order valence-corrected chi connectivity index (χ0v) is 17.8. The zero-order valence-electron chi connectivity index (χ0n) is 17.8. The first kappa shape index (κ1) is 19.2. The van der Waals surface area contributed by atoms with Gasteiger partial charge in [-0.05, 0) is 82.2 Å². The third kappa shape index (κ3) is 3.28. The Balaban J connectivity index is 1.52. The molecular weight excluding hydrogens is 379 g/mol. The van der Waals surface area contributed by atoms with Crippen LogP contribution in [0.5, 0.6) is 0 Å². The number of piperidine rings is 1. The molecule has 0 N–H and O–H groups in total. The van der Waals surface area contributed by atoms with Crippen molar-refractivity contribution in [2.45, 2.75) is 64.8 Å². The molecule has 2 fully saturated rings. The van der Waals surface area contributed by atoms with Crippen LogP contribution in [-0.4, -0.2) is 31.9 Å². The molecule has 1 atom stereocenters. The number of halogens is 1. The van der Waals surface area contributed by atoms with Crippen molar-refractivity contribution in [2.24, 2.45) is 0 Å². The summed E-state index contributed by atoms with van der Waals surface area (Å²) in [6.07, 6.45) is 5.33. The van der Waals surface area contributed by atoms with E-state index in [1.54, 1.807) is 19.9 Å². The average molecular weight is 407 g/mol. The van der Waals surface area contributed by atoms with Gasteiger partial charge < -0.3 is 4.90 Å². The lowest BCUT2D eigenvalue weighted by Gasteiger charge is -2.35. The first-order valence-corrected chi connectivity index (χ1v) is 10.9. The van der Waals surface area contributed by atoms with E-state index in [4.69, 9.17) is 10.1 Å². The standard InChI is InChI=1S/C24H27FN4O/c1-14-11-19(25)15(2)10-18(14)24(30)28-9-5-4-6-22(28)21-13-23-26-20(17-7-8-17)12-16(3)29(23)27-21/h10-13,17,22H,4-9H2,1-3H3/t22-/m0/s1. The molecule has 1 aromatic carbocycles. The molecule has 0 spiro atoms. The number of fused-ring (bicyclic) bond motifs is 1. The number of carbonyl (C=O) groups is 1. The molecule has 1 amide bonds. The number of benzene rings is 1. The van der Waals surface area contributed by atoms with Crippen molar-refractivity contribution in [1.29, 1.82) is 0 Å². The van der Waals surface area contributed by atoms with E-state index in [1.807, 2.05) is 15.5 Å². The lowest BCUT2D eigenvalue weighted by Crippen LogP contribution is -2.39. The van der Waals surface area contributed by atoms with E-state index in [9.17, 15) is 9.18 Å². The van der Waals surface area contributed by atoms with Gasteiger partial charge in [0.15, 0.2) is 5.65 Å². The number of hydrogen-bond donors (Lipinski definition) is 0. The van der Waals surface area contributed by atoms with Crippen LogP contribution in [0.2, 0.25) is 0 Å². The van der Waals surface area contributed by atoms with Crippen LogP contribution >= 0.6 is 0 Å². The van der Waals surface area contributed by atoms with Crippen LogP contribution in [0, 0.1) is 26.6 Å². The van der Waals surface area contributed by atoms with Crippen LogP contribution in [-0.2, 0) is 0 Å². The molecule has 2 aromatic heterocycles. The van der Waals surface area contributed by atoms with Gasteiger partial charge in [-0.25, -0.2) is 13.9 Å². The van der Waals surface area contributed by atoms with E-state index in [-0.39, 0.29) is 17.8 Å². The van der Waals surface area contributed by atoms with Crippen LogP contribution < -0.4 is 0 Å². The highest BCUT2D eigenvalue weighted by atomic mass is 19.1. The molecule has 0 radical (unpaired) electrons. The molecule has 1 aliphatic heterocycles. The van der Waals surface area contributed by atoms with E-state index in [0.29, 0.717) is 29.2 Å². The smallest absolute Gasteiger partial charge is 0.254 e. The van der Waals surface area contributed by atoms with E-state index in [2.05, 4.69) is 13.0 Å². The number of hydrogen-bond acceptors (Lipinski definition) is 3. The molecule has 5 rings (SSSR count). The molecule has 1 saturated heterocycles. The second kappa shape index (κ2) is 7.18. The predicted molar refractivity (Wildman–Crippen MR) is 113 cm³/mol. The van der Waals surface area contributed by atoms with Crippen molar-refractivity contribution < 1.29 is 9.18 Å². The van der Waals surface area contributed by atoms with Gasteiger partial charge in [-0.3, -0.25) is 4.79 Å². The topological polar surface area (TPSA) is 50.5 Å². The van der Waals surface area contributed by atoms with Crippen LogP contribution in [0.3, 0.4) is 0 Å². The molecule has 2 aliphatic rings. The first-order valence-electron chi connectivity index (χ1n) is 10.9. The molecule has 30 heavy (non-hydrogen) atoms. The average Bonchev–Trinajstić information content (AvgIpc) is 3.49. The van der Waals surface area contributed by atoms with Crippen LogP contribution in [0.15, 0.2) is 24.3 Å². The number of carbonyl (C=O) groups excluding carboxylic acids is 1. The van der Waals surface area contributed by atoms with Gasteiger partial charge in [-0.15, -0.1) is 0 Å². The Bertz CT molecular complexity index is 1150. The molecule has 0 bridgehead atoms. The number of aryl methyl sites for hydroxylation is 3. The molecule has 6 heteroatoms. The summed E-state index contributed by atoms with van der Waals surface area (Å²) in [5, 5.41) is 4.84. The Kier molecular flexibility index (Phi) is 4.60. The maximum absolute atomic E-state index is 13.9. The number of likely N-dealkylation sites (tertiary alicyclic amines) is 1. The van der Waals surface area contributed by atoms with Gasteiger partial charge >= 0.3 is 0 Å². The highest BCUT2D eigenvalue weighted by Gasteiger charge is 2.32. The van der Waals surface area contributed by atoms with Gasteiger partial charge in [0.2, 0.25) is 0 Å². The first-order chi connectivity index (χ1) is 14.4. The normalized spacial score (nSPS) is 19.5. The summed E-state index contributed by atoms with van der Waals surface area (Å²) in [5.74, 6) is 0.276. The molecular formula is C24H27FN4O. The van der Waals surface area contributed by atoms with Crippen molar-refractivity contribution in [3.8, 4) is 0 Å². The Hall–Kier alpha value is -2.76. The third-order valence-electron chi connectivity index (χ3n) is 6.48. The largest absolute Gasteiger partial charge is 0.330 e. The molecule has 156 valence electrons. The van der Waals surface area contributed by atoms with Gasteiger partial charge in [0.05, 0.1) is 11.7 Å². The number of amides is 1. The molecule has 1 saturated carbocycles. The summed E-state index contributed by atoms with van der Waals surface area (Å²) >= 11 is 0. The maximum atomic E-state index is 13.9. The fourth-order valence-corrected chi connectivity index (χ4v) is 4.57. The molecule has 3 heterocycles. The zero-order chi connectivity index (χ0) is 21.0. The van der Waals surface area contributed by atoms with Gasteiger partial charge in [-0.2, -0.15) is 5.10 Å². The Labute approximate surface area is 175 Å². The predicted octanol–water partition coefficient (Wildman–Crippen LogP) is 5.04. The van der Waals surface area contributed by atoms with Crippen molar-refractivity contribution in [3.63, 3.8) is 0 Å². The quantitative estimate of drug-likeness (QED) is 0.612.